The molecule has 6 aromatic carbocycles. The van der Waals surface area contributed by atoms with Gasteiger partial charge in [0.1, 0.15) is 0 Å². The third kappa shape index (κ3) is 4.36. The standard InChI is InChI=1S/C44H24N6/c45-24-28-12-16-42-38(20-28)39-21-29(25-46)13-17-43(39)49(42)33-7-5-6-30(22-33)37-23-31(14-15-32(37)26-47)34-18-19-48-27-44(34)50-40-10-3-1-8-35(40)36-9-2-4-11-41(36)50/h1-23,27H. The summed E-state index contributed by atoms with van der Waals surface area (Å²) in [4.78, 5) is 4.55. The van der Waals surface area contributed by atoms with Crippen LogP contribution in [0.5, 0.6) is 0 Å². The van der Waals surface area contributed by atoms with Gasteiger partial charge >= 0.3 is 0 Å². The molecule has 0 saturated heterocycles. The second-order valence-electron chi connectivity index (χ2n) is 12.2. The summed E-state index contributed by atoms with van der Waals surface area (Å²) in [6.45, 7) is 0. The van der Waals surface area contributed by atoms with Crippen molar-refractivity contribution < 1.29 is 0 Å². The maximum Gasteiger partial charge on any atom is 0.0998 e. The van der Waals surface area contributed by atoms with E-state index in [0.29, 0.717) is 16.7 Å². The van der Waals surface area contributed by atoms with Gasteiger partial charge in [0, 0.05) is 44.6 Å². The van der Waals surface area contributed by atoms with Crippen LogP contribution in [0.4, 0.5) is 0 Å². The molecule has 0 saturated carbocycles. The minimum absolute atomic E-state index is 0.555. The predicted molar refractivity (Wildman–Crippen MR) is 198 cm³/mol. The fourth-order valence-corrected chi connectivity index (χ4v) is 7.29. The lowest BCUT2D eigenvalue weighted by atomic mass is 9.94. The number of para-hydroxylation sites is 2. The molecule has 6 heteroatoms. The quantitative estimate of drug-likeness (QED) is 0.192. The third-order valence-corrected chi connectivity index (χ3v) is 9.51. The first-order valence-electron chi connectivity index (χ1n) is 16.1. The van der Waals surface area contributed by atoms with Gasteiger partial charge in [0.25, 0.3) is 0 Å². The third-order valence-electron chi connectivity index (χ3n) is 9.51. The molecule has 0 amide bonds. The Bertz CT molecular complexity index is 2850. The van der Waals surface area contributed by atoms with Crippen LogP contribution in [0.25, 0.3) is 77.2 Å². The number of nitrogens with zero attached hydrogens (tertiary/aromatic N) is 6. The average Bonchev–Trinajstić information content (AvgIpc) is 3.69. The Labute approximate surface area is 287 Å². The Morgan fingerprint density at radius 3 is 1.72 bits per heavy atom. The van der Waals surface area contributed by atoms with E-state index in [0.717, 1.165) is 66.5 Å². The molecule has 3 heterocycles. The SMILES string of the molecule is N#Cc1ccc2c(c1)c1cc(C#N)ccc1n2-c1cccc(-c2cc(-c3ccncc3-n3c4ccccc4c4ccccc43)ccc2C#N)c1. The van der Waals surface area contributed by atoms with Crippen molar-refractivity contribution in [1.29, 1.82) is 15.8 Å². The Kier molecular flexibility index (Phi) is 6.53. The topological polar surface area (TPSA) is 94.1 Å². The monoisotopic (exact) mass is 636 g/mol. The number of fused-ring (bicyclic) bond motifs is 6. The fourth-order valence-electron chi connectivity index (χ4n) is 7.29. The number of nitriles is 3. The Balaban J connectivity index is 1.23. The first kappa shape index (κ1) is 28.7. The molecule has 9 aromatic rings. The van der Waals surface area contributed by atoms with Gasteiger partial charge < -0.3 is 9.13 Å². The summed E-state index contributed by atoms with van der Waals surface area (Å²) in [6.07, 6.45) is 3.72. The molecular weight excluding hydrogens is 613 g/mol. The average molecular weight is 637 g/mol. The maximum atomic E-state index is 10.3. The van der Waals surface area contributed by atoms with Crippen molar-refractivity contribution in [3.05, 3.63) is 163 Å². The Morgan fingerprint density at radius 2 is 1.08 bits per heavy atom. The molecule has 0 bridgehead atoms. The zero-order chi connectivity index (χ0) is 33.8. The van der Waals surface area contributed by atoms with Crippen molar-refractivity contribution in [3.8, 4) is 51.8 Å². The molecule has 0 N–H and O–H groups in total. The predicted octanol–water partition coefficient (Wildman–Crippen LogP) is 10.2. The molecule has 0 unspecified atom stereocenters. The van der Waals surface area contributed by atoms with Gasteiger partial charge in [-0.1, -0.05) is 54.6 Å². The van der Waals surface area contributed by atoms with Gasteiger partial charge in [-0.3, -0.25) is 4.98 Å². The number of benzene rings is 6. The maximum absolute atomic E-state index is 10.3. The van der Waals surface area contributed by atoms with Gasteiger partial charge in [0.05, 0.1) is 68.8 Å². The van der Waals surface area contributed by atoms with E-state index in [1.807, 2.05) is 85.2 Å². The Hall–Kier alpha value is -7.46. The van der Waals surface area contributed by atoms with E-state index in [1.54, 1.807) is 0 Å². The van der Waals surface area contributed by atoms with Gasteiger partial charge in [-0.25, -0.2) is 0 Å². The molecule has 3 aromatic heterocycles. The number of aromatic nitrogens is 3. The fraction of sp³-hybridized carbons (Fsp3) is 0. The summed E-state index contributed by atoms with van der Waals surface area (Å²) >= 11 is 0. The van der Waals surface area contributed by atoms with Crippen LogP contribution in [-0.2, 0) is 0 Å². The van der Waals surface area contributed by atoms with Crippen molar-refractivity contribution in [2.75, 3.05) is 0 Å². The van der Waals surface area contributed by atoms with E-state index < -0.39 is 0 Å². The lowest BCUT2D eigenvalue weighted by Crippen LogP contribution is -1.99. The van der Waals surface area contributed by atoms with Crippen LogP contribution >= 0.6 is 0 Å². The van der Waals surface area contributed by atoms with Gasteiger partial charge in [0.2, 0.25) is 0 Å². The van der Waals surface area contributed by atoms with Crippen LogP contribution in [0.1, 0.15) is 16.7 Å². The van der Waals surface area contributed by atoms with E-state index in [2.05, 4.69) is 93.0 Å². The molecule has 9 rings (SSSR count). The normalized spacial score (nSPS) is 11.1. The summed E-state index contributed by atoms with van der Waals surface area (Å²) < 4.78 is 4.42. The minimum Gasteiger partial charge on any atom is -0.309 e. The summed E-state index contributed by atoms with van der Waals surface area (Å²) in [5.41, 5.74) is 11.2. The van der Waals surface area contributed by atoms with E-state index >= 15 is 0 Å². The molecule has 0 spiro atoms. The summed E-state index contributed by atoms with van der Waals surface area (Å²) in [5.74, 6) is 0. The number of pyridine rings is 1. The highest BCUT2D eigenvalue weighted by atomic mass is 15.0. The first-order chi connectivity index (χ1) is 24.7. The number of rotatable bonds is 4. The molecule has 6 nitrogen and oxygen atoms in total. The highest BCUT2D eigenvalue weighted by molar-refractivity contribution is 6.11. The van der Waals surface area contributed by atoms with Gasteiger partial charge in [-0.15, -0.1) is 0 Å². The van der Waals surface area contributed by atoms with E-state index in [1.165, 1.54) is 10.8 Å². The molecule has 50 heavy (non-hydrogen) atoms. The lowest BCUT2D eigenvalue weighted by Gasteiger charge is -2.15. The van der Waals surface area contributed by atoms with E-state index in [-0.39, 0.29) is 0 Å². The lowest BCUT2D eigenvalue weighted by molar-refractivity contribution is 1.14. The minimum atomic E-state index is 0.555. The van der Waals surface area contributed by atoms with E-state index in [9.17, 15) is 15.8 Å². The van der Waals surface area contributed by atoms with Gasteiger partial charge in [-0.05, 0) is 90.0 Å². The zero-order valence-electron chi connectivity index (χ0n) is 26.5. The summed E-state index contributed by atoms with van der Waals surface area (Å²) in [6, 6.07) is 51.2. The van der Waals surface area contributed by atoms with Crippen LogP contribution in [0, 0.1) is 34.0 Å². The number of hydrogen-bond donors (Lipinski definition) is 0. The largest absolute Gasteiger partial charge is 0.309 e. The first-order valence-corrected chi connectivity index (χ1v) is 16.1. The van der Waals surface area contributed by atoms with Crippen molar-refractivity contribution in [2.45, 2.75) is 0 Å². The van der Waals surface area contributed by atoms with Crippen LogP contribution in [0.3, 0.4) is 0 Å². The van der Waals surface area contributed by atoms with Crippen LogP contribution in [0.15, 0.2) is 146 Å². The smallest absolute Gasteiger partial charge is 0.0998 e. The zero-order valence-corrected chi connectivity index (χ0v) is 26.5. The van der Waals surface area contributed by atoms with Crippen LogP contribution in [0.2, 0.25) is 0 Å². The molecule has 0 radical (unpaired) electrons. The van der Waals surface area contributed by atoms with E-state index in [4.69, 9.17) is 0 Å². The highest BCUT2D eigenvalue weighted by Crippen LogP contribution is 2.39. The van der Waals surface area contributed by atoms with Crippen LogP contribution < -0.4 is 0 Å². The van der Waals surface area contributed by atoms with Crippen LogP contribution in [-0.4, -0.2) is 14.1 Å². The van der Waals surface area contributed by atoms with Crippen molar-refractivity contribution >= 4 is 43.6 Å². The van der Waals surface area contributed by atoms with Crippen molar-refractivity contribution in [2.24, 2.45) is 0 Å². The van der Waals surface area contributed by atoms with Crippen molar-refractivity contribution in [1.82, 2.24) is 14.1 Å². The molecular formula is C44H24N6. The summed E-state index contributed by atoms with van der Waals surface area (Å²) in [5, 5.41) is 33.7. The highest BCUT2D eigenvalue weighted by Gasteiger charge is 2.18. The van der Waals surface area contributed by atoms with Crippen molar-refractivity contribution in [3.63, 3.8) is 0 Å². The molecule has 0 atom stereocenters. The molecule has 0 aliphatic carbocycles. The number of hydrogen-bond acceptors (Lipinski definition) is 4. The second-order valence-corrected chi connectivity index (χ2v) is 12.2. The molecule has 0 aliphatic heterocycles. The second kappa shape index (κ2) is 11.4. The van der Waals surface area contributed by atoms with Gasteiger partial charge in [-0.2, -0.15) is 15.8 Å². The molecule has 230 valence electrons. The molecule has 0 fully saturated rings. The molecule has 0 aliphatic rings. The van der Waals surface area contributed by atoms with Gasteiger partial charge in [0.15, 0.2) is 0 Å². The Morgan fingerprint density at radius 1 is 0.460 bits per heavy atom. The summed E-state index contributed by atoms with van der Waals surface area (Å²) in [7, 11) is 0.